The molecule has 0 spiro atoms. The van der Waals surface area contributed by atoms with Gasteiger partial charge >= 0.3 is 0 Å². The minimum absolute atomic E-state index is 0.473. The number of halogens is 1. The van der Waals surface area contributed by atoms with Gasteiger partial charge in [-0.2, -0.15) is 0 Å². The quantitative estimate of drug-likeness (QED) is 0.752. The Labute approximate surface area is 125 Å². The zero-order valence-electron chi connectivity index (χ0n) is 11.9. The van der Waals surface area contributed by atoms with E-state index in [2.05, 4.69) is 25.2 Å². The highest BCUT2D eigenvalue weighted by Crippen LogP contribution is 2.37. The number of hydrogen-bond acceptors (Lipinski definition) is 3. The van der Waals surface area contributed by atoms with Crippen LogP contribution in [0.4, 0.5) is 0 Å². The van der Waals surface area contributed by atoms with E-state index in [1.807, 2.05) is 0 Å². The van der Waals surface area contributed by atoms with Crippen LogP contribution in [0, 0.1) is 5.92 Å². The van der Waals surface area contributed by atoms with Crippen molar-refractivity contribution in [3.8, 4) is 0 Å². The second-order valence-electron chi connectivity index (χ2n) is 5.62. The molecule has 2 nitrogen and oxygen atoms in total. The van der Waals surface area contributed by atoms with Crippen LogP contribution in [-0.4, -0.2) is 19.8 Å². The number of fused-ring (bicyclic) bond motifs is 1. The molecule has 1 aliphatic rings. The van der Waals surface area contributed by atoms with Crippen LogP contribution in [0.25, 0.3) is 0 Å². The van der Waals surface area contributed by atoms with Gasteiger partial charge < -0.3 is 10.1 Å². The van der Waals surface area contributed by atoms with Gasteiger partial charge in [-0.15, -0.1) is 11.3 Å². The van der Waals surface area contributed by atoms with Crippen molar-refractivity contribution in [2.24, 2.45) is 5.92 Å². The Morgan fingerprint density at radius 1 is 1.47 bits per heavy atom. The lowest BCUT2D eigenvalue weighted by Crippen LogP contribution is -2.27. The lowest BCUT2D eigenvalue weighted by molar-refractivity contribution is 0.123. The average Bonchev–Trinajstić information content (AvgIpc) is 2.74. The number of hydrogen-bond donors (Lipinski definition) is 1. The van der Waals surface area contributed by atoms with Crippen LogP contribution in [0.1, 0.15) is 49.6 Å². The third kappa shape index (κ3) is 4.75. The first-order valence-corrected chi connectivity index (χ1v) is 8.45. The highest BCUT2D eigenvalue weighted by Gasteiger charge is 2.21. The van der Waals surface area contributed by atoms with Gasteiger partial charge in [0, 0.05) is 24.1 Å². The molecule has 0 aliphatic heterocycles. The molecule has 1 aromatic heterocycles. The van der Waals surface area contributed by atoms with Gasteiger partial charge in [-0.3, -0.25) is 0 Å². The van der Waals surface area contributed by atoms with E-state index in [-0.39, 0.29) is 0 Å². The molecule has 1 heterocycles. The van der Waals surface area contributed by atoms with E-state index in [9.17, 15) is 0 Å². The normalized spacial score (nSPS) is 18.8. The lowest BCUT2D eigenvalue weighted by atomic mass is 9.94. The van der Waals surface area contributed by atoms with Crippen LogP contribution in [0.2, 0.25) is 4.34 Å². The summed E-state index contributed by atoms with van der Waals surface area (Å²) in [4.78, 5) is 1.47. The summed E-state index contributed by atoms with van der Waals surface area (Å²) in [5.74, 6) is 0.724. The topological polar surface area (TPSA) is 21.3 Å². The van der Waals surface area contributed by atoms with E-state index in [1.165, 1.54) is 29.7 Å². The van der Waals surface area contributed by atoms with Crippen molar-refractivity contribution in [2.75, 3.05) is 19.8 Å². The lowest BCUT2D eigenvalue weighted by Gasteiger charge is -2.23. The second-order valence-corrected chi connectivity index (χ2v) is 7.39. The molecule has 0 saturated carbocycles. The summed E-state index contributed by atoms with van der Waals surface area (Å²) in [5.41, 5.74) is 1.42. The largest absolute Gasteiger partial charge is 0.380 e. The first kappa shape index (κ1) is 15.3. The smallest absolute Gasteiger partial charge is 0.0934 e. The minimum atomic E-state index is 0.473. The first-order chi connectivity index (χ1) is 9.16. The van der Waals surface area contributed by atoms with Gasteiger partial charge in [0.25, 0.3) is 0 Å². The zero-order valence-corrected chi connectivity index (χ0v) is 13.4. The van der Waals surface area contributed by atoms with E-state index in [0.717, 1.165) is 36.4 Å². The molecule has 1 aliphatic carbocycles. The SMILES string of the molecule is CC(C)CCOCCNC1CCCc2sc(Cl)cc21. The van der Waals surface area contributed by atoms with Gasteiger partial charge in [0.1, 0.15) is 0 Å². The number of ether oxygens (including phenoxy) is 1. The van der Waals surface area contributed by atoms with Gasteiger partial charge in [0.15, 0.2) is 0 Å². The Kier molecular flexibility index (Phi) is 6.14. The minimum Gasteiger partial charge on any atom is -0.380 e. The molecule has 0 saturated heterocycles. The molecule has 0 radical (unpaired) electrons. The molecule has 1 N–H and O–H groups in total. The summed E-state index contributed by atoms with van der Waals surface area (Å²) >= 11 is 7.85. The molecule has 108 valence electrons. The predicted molar refractivity (Wildman–Crippen MR) is 83.3 cm³/mol. The van der Waals surface area contributed by atoms with Crippen molar-refractivity contribution in [3.05, 3.63) is 20.8 Å². The van der Waals surface area contributed by atoms with Crippen LogP contribution in [-0.2, 0) is 11.2 Å². The molecule has 1 aromatic rings. The number of rotatable bonds is 7. The van der Waals surface area contributed by atoms with Gasteiger partial charge in [-0.25, -0.2) is 0 Å². The highest BCUT2D eigenvalue weighted by molar-refractivity contribution is 7.16. The summed E-state index contributed by atoms with van der Waals surface area (Å²) in [6.07, 6.45) is 4.81. The molecule has 0 aromatic carbocycles. The van der Waals surface area contributed by atoms with Crippen molar-refractivity contribution in [1.82, 2.24) is 5.32 Å². The predicted octanol–water partition coefficient (Wildman–Crippen LogP) is 4.43. The summed E-state index contributed by atoms with van der Waals surface area (Å²) in [6, 6.07) is 2.61. The molecular weight excluding hydrogens is 278 g/mol. The van der Waals surface area contributed by atoms with Crippen molar-refractivity contribution in [2.45, 2.75) is 45.6 Å². The van der Waals surface area contributed by atoms with Crippen molar-refractivity contribution >= 4 is 22.9 Å². The monoisotopic (exact) mass is 301 g/mol. The van der Waals surface area contributed by atoms with E-state index < -0.39 is 0 Å². The number of thiophene rings is 1. The maximum Gasteiger partial charge on any atom is 0.0934 e. The standard InChI is InChI=1S/C15H24ClNOS/c1-11(2)6-8-18-9-7-17-13-4-3-5-14-12(13)10-15(16)19-14/h10-11,13,17H,3-9H2,1-2H3. The van der Waals surface area contributed by atoms with Crippen LogP contribution < -0.4 is 5.32 Å². The van der Waals surface area contributed by atoms with Gasteiger partial charge in [-0.05, 0) is 43.2 Å². The fourth-order valence-electron chi connectivity index (χ4n) is 2.46. The van der Waals surface area contributed by atoms with Gasteiger partial charge in [-0.1, -0.05) is 25.4 Å². The fourth-order valence-corrected chi connectivity index (χ4v) is 3.84. The van der Waals surface area contributed by atoms with Crippen molar-refractivity contribution < 1.29 is 4.74 Å². The molecule has 19 heavy (non-hydrogen) atoms. The third-order valence-electron chi connectivity index (χ3n) is 3.56. The third-order valence-corrected chi connectivity index (χ3v) is 4.90. The second kappa shape index (κ2) is 7.63. The maximum absolute atomic E-state index is 6.11. The van der Waals surface area contributed by atoms with E-state index in [4.69, 9.17) is 16.3 Å². The summed E-state index contributed by atoms with van der Waals surface area (Å²) in [5, 5.41) is 3.60. The summed E-state index contributed by atoms with van der Waals surface area (Å²) in [7, 11) is 0. The molecular formula is C15H24ClNOS. The van der Waals surface area contributed by atoms with Crippen molar-refractivity contribution in [1.29, 1.82) is 0 Å². The number of nitrogens with one attached hydrogen (secondary N) is 1. The number of aryl methyl sites for hydroxylation is 1. The van der Waals surface area contributed by atoms with Gasteiger partial charge in [0.05, 0.1) is 10.9 Å². The van der Waals surface area contributed by atoms with Crippen molar-refractivity contribution in [3.63, 3.8) is 0 Å². The Morgan fingerprint density at radius 3 is 3.11 bits per heavy atom. The van der Waals surface area contributed by atoms with E-state index in [0.29, 0.717) is 6.04 Å². The molecule has 0 fully saturated rings. The van der Waals surface area contributed by atoms with Gasteiger partial charge in [0.2, 0.25) is 0 Å². The van der Waals surface area contributed by atoms with Crippen LogP contribution in [0.5, 0.6) is 0 Å². The highest BCUT2D eigenvalue weighted by atomic mass is 35.5. The average molecular weight is 302 g/mol. The Bertz CT molecular complexity index is 391. The van der Waals surface area contributed by atoms with Crippen LogP contribution in [0.3, 0.4) is 0 Å². The Morgan fingerprint density at radius 2 is 2.32 bits per heavy atom. The fraction of sp³-hybridized carbons (Fsp3) is 0.733. The van der Waals surface area contributed by atoms with E-state index >= 15 is 0 Å². The first-order valence-electron chi connectivity index (χ1n) is 7.26. The zero-order chi connectivity index (χ0) is 13.7. The molecule has 0 bridgehead atoms. The molecule has 1 unspecified atom stereocenters. The Balaban J connectivity index is 1.69. The maximum atomic E-state index is 6.11. The Hall–Kier alpha value is -0.0900. The molecule has 4 heteroatoms. The van der Waals surface area contributed by atoms with Crippen LogP contribution >= 0.6 is 22.9 Å². The molecule has 2 rings (SSSR count). The summed E-state index contributed by atoms with van der Waals surface area (Å²) in [6.45, 7) is 7.06. The molecule has 0 amide bonds. The van der Waals surface area contributed by atoms with Crippen LogP contribution in [0.15, 0.2) is 6.07 Å². The summed E-state index contributed by atoms with van der Waals surface area (Å²) < 4.78 is 6.57. The molecule has 1 atom stereocenters. The van der Waals surface area contributed by atoms with E-state index in [1.54, 1.807) is 11.3 Å².